The molecule has 6 heteroatoms. The van der Waals surface area contributed by atoms with Crippen LogP contribution in [0.4, 0.5) is 0 Å². The third-order valence-corrected chi connectivity index (χ3v) is 23.5. The van der Waals surface area contributed by atoms with E-state index in [9.17, 15) is 0 Å². The summed E-state index contributed by atoms with van der Waals surface area (Å²) in [4.78, 5) is 4.81. The van der Waals surface area contributed by atoms with E-state index < -0.39 is 14.5 Å². The second-order valence-corrected chi connectivity index (χ2v) is 25.9. The molecule has 74 heavy (non-hydrogen) atoms. The highest BCUT2D eigenvalue weighted by Gasteiger charge is 2.48. The summed E-state index contributed by atoms with van der Waals surface area (Å²) >= 11 is 0. The third kappa shape index (κ3) is 11.8. The first-order valence-electron chi connectivity index (χ1n) is 26.7. The van der Waals surface area contributed by atoms with Gasteiger partial charge in [0.15, 0.2) is 0 Å². The van der Waals surface area contributed by atoms with E-state index in [0.29, 0.717) is 13.2 Å². The summed E-state index contributed by atoms with van der Waals surface area (Å²) in [6.07, 6.45) is 1.64. The Kier molecular flexibility index (Phi) is 18.0. The Hall–Kier alpha value is -6.64. The predicted octanol–water partition coefficient (Wildman–Crippen LogP) is 13.4. The summed E-state index contributed by atoms with van der Waals surface area (Å²) in [6, 6.07) is 90.9. The molecule has 0 atom stereocenters. The van der Waals surface area contributed by atoms with Crippen LogP contribution in [-0.2, 0) is 12.3 Å². The van der Waals surface area contributed by atoms with E-state index in [2.05, 4.69) is 280 Å². The molecule has 0 aromatic heterocycles. The van der Waals surface area contributed by atoms with Crippen molar-refractivity contribution in [3.05, 3.63) is 254 Å². The molecular formula is C68H72N2O2P2+2. The molecule has 0 bridgehead atoms. The Labute approximate surface area is 443 Å². The van der Waals surface area contributed by atoms with E-state index in [0.717, 1.165) is 63.1 Å². The smallest absolute Gasteiger partial charge is 0.119 e. The van der Waals surface area contributed by atoms with E-state index in [-0.39, 0.29) is 0 Å². The second-order valence-electron chi connectivity index (χ2n) is 18.9. The first-order valence-corrected chi connectivity index (χ1v) is 30.6. The van der Waals surface area contributed by atoms with Gasteiger partial charge in [0, 0.05) is 13.1 Å². The van der Waals surface area contributed by atoms with Crippen LogP contribution in [0.1, 0.15) is 38.8 Å². The molecule has 0 heterocycles. The molecule has 374 valence electrons. The van der Waals surface area contributed by atoms with E-state index in [4.69, 9.17) is 9.47 Å². The number of benzene rings is 9. The van der Waals surface area contributed by atoms with Crippen molar-refractivity contribution in [3.63, 3.8) is 0 Å². The first kappa shape index (κ1) is 52.2. The molecule has 9 aromatic carbocycles. The highest BCUT2D eigenvalue weighted by Crippen LogP contribution is 2.62. The van der Waals surface area contributed by atoms with E-state index in [1.807, 2.05) is 0 Å². The van der Waals surface area contributed by atoms with Gasteiger partial charge in [0.05, 0.1) is 12.3 Å². The lowest BCUT2D eigenvalue weighted by molar-refractivity contribution is 0.223. The SMILES string of the molecule is CCN(CC)CCOc1ccc(-c2cc(C[P+](c3ccccc3)(c3ccccc3)c3ccccc3)c(-c3ccc(OCCN(CC)CC)cc3)cc2C[P+](c2ccccc2)(c2ccccc2)c2ccccc2)cc1. The van der Waals surface area contributed by atoms with Gasteiger partial charge in [-0.1, -0.05) is 161 Å². The Morgan fingerprint density at radius 2 is 0.554 bits per heavy atom. The van der Waals surface area contributed by atoms with Crippen molar-refractivity contribution in [1.82, 2.24) is 9.80 Å². The number of hydrogen-bond donors (Lipinski definition) is 0. The van der Waals surface area contributed by atoms with Gasteiger partial charge in [-0.25, -0.2) is 0 Å². The summed E-state index contributed by atoms with van der Waals surface area (Å²) in [7, 11) is -4.71. The summed E-state index contributed by atoms with van der Waals surface area (Å²) in [5.41, 5.74) is 7.47. The van der Waals surface area contributed by atoms with Gasteiger partial charge in [0.1, 0.15) is 71.1 Å². The number of likely N-dealkylation sites (N-methyl/N-ethyl adjacent to an activating group) is 2. The van der Waals surface area contributed by atoms with Gasteiger partial charge >= 0.3 is 0 Å². The maximum absolute atomic E-state index is 6.44. The zero-order chi connectivity index (χ0) is 51.0. The number of nitrogens with zero attached hydrogens (tertiary/aromatic N) is 2. The van der Waals surface area contributed by atoms with Crippen LogP contribution in [0.5, 0.6) is 11.5 Å². The molecule has 0 saturated heterocycles. The minimum Gasteiger partial charge on any atom is -0.492 e. The van der Waals surface area contributed by atoms with Crippen LogP contribution in [0, 0.1) is 0 Å². The van der Waals surface area contributed by atoms with Gasteiger partial charge in [-0.05, 0) is 169 Å². The monoisotopic (exact) mass is 1010 g/mol. The van der Waals surface area contributed by atoms with Crippen LogP contribution < -0.4 is 41.3 Å². The van der Waals surface area contributed by atoms with Crippen LogP contribution in [0.15, 0.2) is 243 Å². The predicted molar refractivity (Wildman–Crippen MR) is 322 cm³/mol. The van der Waals surface area contributed by atoms with E-state index in [1.54, 1.807) is 0 Å². The Morgan fingerprint density at radius 3 is 0.784 bits per heavy atom. The lowest BCUT2D eigenvalue weighted by atomic mass is 9.91. The van der Waals surface area contributed by atoms with Crippen LogP contribution in [0.2, 0.25) is 0 Å². The molecule has 0 amide bonds. The highest BCUT2D eigenvalue weighted by atomic mass is 31.2. The van der Waals surface area contributed by atoms with Crippen molar-refractivity contribution in [2.45, 2.75) is 40.0 Å². The fourth-order valence-electron chi connectivity index (χ4n) is 10.7. The van der Waals surface area contributed by atoms with Gasteiger partial charge in [-0.3, -0.25) is 0 Å². The molecular weight excluding hydrogens is 939 g/mol. The van der Waals surface area contributed by atoms with Gasteiger partial charge in [-0.2, -0.15) is 0 Å². The molecule has 4 nitrogen and oxygen atoms in total. The topological polar surface area (TPSA) is 24.9 Å². The minimum atomic E-state index is -2.35. The quantitative estimate of drug-likeness (QED) is 0.0563. The second kappa shape index (κ2) is 25.5. The van der Waals surface area contributed by atoms with Crippen LogP contribution in [-0.4, -0.2) is 62.3 Å². The van der Waals surface area contributed by atoms with Crippen LogP contribution in [0.25, 0.3) is 22.3 Å². The fraction of sp³-hybridized carbons (Fsp3) is 0.206. The van der Waals surface area contributed by atoms with E-state index >= 15 is 0 Å². The normalized spacial score (nSPS) is 11.8. The van der Waals surface area contributed by atoms with Gasteiger partial charge < -0.3 is 19.3 Å². The number of hydrogen-bond acceptors (Lipinski definition) is 4. The van der Waals surface area contributed by atoms with Crippen molar-refractivity contribution in [2.75, 3.05) is 52.5 Å². The average molecular weight is 1010 g/mol. The lowest BCUT2D eigenvalue weighted by Crippen LogP contribution is -2.33. The maximum Gasteiger partial charge on any atom is 0.119 e. The van der Waals surface area contributed by atoms with Crippen molar-refractivity contribution >= 4 is 46.4 Å². The summed E-state index contributed by atoms with van der Waals surface area (Å²) in [5, 5.41) is 8.16. The molecule has 0 unspecified atom stereocenters. The standard InChI is InChI=1S/C68H72N2O2P2/c1-5-69(6-2)47-49-71-59-43-39-55(40-44-59)67-51-58(54-74(64-33-21-12-22-34-64,65-35-23-13-24-36-65)66-37-25-14-26-38-66)68(56-41-45-60(46-42-56)72-50-48-70(7-3)8-4)52-57(67)53-73(61-27-15-9-16-28-61,62-29-17-10-18-30-62)63-31-19-11-20-32-63/h9-46,51-52H,5-8,47-50,53-54H2,1-4H3/q+2. The number of rotatable bonds is 24. The third-order valence-electron chi connectivity index (χ3n) is 14.8. The molecule has 0 radical (unpaired) electrons. The minimum absolute atomic E-state index is 0.646. The fourth-order valence-corrected chi connectivity index (χ4v) is 19.2. The zero-order valence-electron chi connectivity index (χ0n) is 43.8. The molecule has 0 aliphatic heterocycles. The van der Waals surface area contributed by atoms with Gasteiger partial charge in [0.2, 0.25) is 0 Å². The Bertz CT molecular complexity index is 2670. The molecule has 0 N–H and O–H groups in total. The zero-order valence-corrected chi connectivity index (χ0v) is 45.6. The van der Waals surface area contributed by atoms with Crippen LogP contribution >= 0.6 is 14.5 Å². The van der Waals surface area contributed by atoms with Gasteiger partial charge in [0.25, 0.3) is 0 Å². The van der Waals surface area contributed by atoms with Gasteiger partial charge in [-0.15, -0.1) is 0 Å². The van der Waals surface area contributed by atoms with E-state index in [1.165, 1.54) is 65.2 Å². The van der Waals surface area contributed by atoms with Crippen LogP contribution in [0.3, 0.4) is 0 Å². The van der Waals surface area contributed by atoms with Crippen molar-refractivity contribution in [1.29, 1.82) is 0 Å². The maximum atomic E-state index is 6.44. The van der Waals surface area contributed by atoms with Crippen molar-refractivity contribution in [2.24, 2.45) is 0 Å². The lowest BCUT2D eigenvalue weighted by Gasteiger charge is -2.31. The molecule has 0 saturated carbocycles. The average Bonchev–Trinajstić information content (AvgIpc) is 3.49. The summed E-state index contributed by atoms with van der Waals surface area (Å²) in [6.45, 7) is 16.0. The molecule has 0 fully saturated rings. The first-order chi connectivity index (χ1) is 36.5. The molecule has 0 aliphatic rings. The Balaban J connectivity index is 1.30. The highest BCUT2D eigenvalue weighted by molar-refractivity contribution is 7.95. The molecule has 0 spiro atoms. The van der Waals surface area contributed by atoms with Crippen molar-refractivity contribution in [3.8, 4) is 33.8 Å². The summed E-state index contributed by atoms with van der Waals surface area (Å²) in [5.74, 6) is 1.78. The number of ether oxygens (including phenoxy) is 2. The van der Waals surface area contributed by atoms with Crippen molar-refractivity contribution < 1.29 is 9.47 Å². The molecule has 9 rings (SSSR count). The molecule has 9 aromatic rings. The molecule has 0 aliphatic carbocycles. The largest absolute Gasteiger partial charge is 0.492 e. The Morgan fingerprint density at radius 1 is 0.311 bits per heavy atom. The summed E-state index contributed by atoms with van der Waals surface area (Å²) < 4.78 is 12.9.